The van der Waals surface area contributed by atoms with Crippen LogP contribution in [0.3, 0.4) is 0 Å². The van der Waals surface area contributed by atoms with Crippen LogP contribution in [0.4, 0.5) is 0 Å². The van der Waals surface area contributed by atoms with Crippen LogP contribution in [0.5, 0.6) is 0 Å². The maximum absolute atomic E-state index is 6.00. The molecule has 2 N–H and O–H groups in total. The number of nitrogens with zero attached hydrogens (tertiary/aromatic N) is 1. The molecule has 2 heteroatoms. The van der Waals surface area contributed by atoms with Gasteiger partial charge in [0, 0.05) is 19.1 Å². The van der Waals surface area contributed by atoms with Gasteiger partial charge in [0.2, 0.25) is 0 Å². The second kappa shape index (κ2) is 7.24. The number of likely N-dealkylation sites (N-methyl/N-ethyl adjacent to an activating group) is 1. The fourth-order valence-corrected chi connectivity index (χ4v) is 2.78. The molecule has 20 heavy (non-hydrogen) atoms. The average molecular weight is 276 g/mol. The van der Waals surface area contributed by atoms with Crippen molar-refractivity contribution in [3.63, 3.8) is 0 Å². The zero-order chi connectivity index (χ0) is 15.3. The molecule has 1 unspecified atom stereocenters. The lowest BCUT2D eigenvalue weighted by Crippen LogP contribution is -2.36. The largest absolute Gasteiger partial charge is 0.329 e. The lowest BCUT2D eigenvalue weighted by molar-refractivity contribution is 0.175. The van der Waals surface area contributed by atoms with Crippen LogP contribution in [0.2, 0.25) is 0 Å². The van der Waals surface area contributed by atoms with E-state index < -0.39 is 0 Å². The third-order valence-electron chi connectivity index (χ3n) is 3.49. The molecule has 0 aromatic heterocycles. The number of hydrogen-bond acceptors (Lipinski definition) is 2. The van der Waals surface area contributed by atoms with Crippen LogP contribution in [0.15, 0.2) is 24.3 Å². The van der Waals surface area contributed by atoms with E-state index in [9.17, 15) is 0 Å². The number of nitrogens with two attached hydrogens (primary N) is 1. The Balaban J connectivity index is 2.79. The van der Waals surface area contributed by atoms with Crippen molar-refractivity contribution in [2.75, 3.05) is 20.1 Å². The number of benzene rings is 1. The highest BCUT2D eigenvalue weighted by molar-refractivity contribution is 5.25. The normalized spacial score (nSPS) is 14.1. The summed E-state index contributed by atoms with van der Waals surface area (Å²) in [6, 6.07) is 9.30. The molecule has 0 heterocycles. The Kier molecular flexibility index (Phi) is 6.22. The van der Waals surface area contributed by atoms with Crippen LogP contribution < -0.4 is 5.73 Å². The molecule has 1 atom stereocenters. The maximum Gasteiger partial charge on any atom is 0.0467 e. The molecule has 0 saturated heterocycles. The van der Waals surface area contributed by atoms with Crippen LogP contribution in [0.25, 0.3) is 0 Å². The fourth-order valence-electron chi connectivity index (χ4n) is 2.78. The second-order valence-corrected chi connectivity index (χ2v) is 7.57. The van der Waals surface area contributed by atoms with Crippen molar-refractivity contribution in [3.8, 4) is 0 Å². The van der Waals surface area contributed by atoms with Crippen LogP contribution in [-0.2, 0) is 6.42 Å². The third-order valence-corrected chi connectivity index (χ3v) is 3.49. The van der Waals surface area contributed by atoms with E-state index in [-0.39, 0.29) is 0 Å². The van der Waals surface area contributed by atoms with Gasteiger partial charge in [-0.3, -0.25) is 4.90 Å². The van der Waals surface area contributed by atoms with Crippen molar-refractivity contribution < 1.29 is 0 Å². The highest BCUT2D eigenvalue weighted by Gasteiger charge is 2.20. The lowest BCUT2D eigenvalue weighted by Gasteiger charge is -2.33. The lowest BCUT2D eigenvalue weighted by atomic mass is 9.94. The minimum absolute atomic E-state index is 0.291. The molecule has 0 saturated carbocycles. The number of rotatable bonds is 6. The minimum atomic E-state index is 0.291. The Labute approximate surface area is 125 Å². The Hall–Kier alpha value is -0.860. The first-order valence-corrected chi connectivity index (χ1v) is 7.72. The first-order chi connectivity index (χ1) is 9.23. The Morgan fingerprint density at radius 3 is 2.05 bits per heavy atom. The van der Waals surface area contributed by atoms with Crippen molar-refractivity contribution in [1.29, 1.82) is 0 Å². The molecule has 0 fully saturated rings. The summed E-state index contributed by atoms with van der Waals surface area (Å²) in [4.78, 5) is 2.37. The predicted octanol–water partition coefficient (Wildman–Crippen LogP) is 3.86. The highest BCUT2D eigenvalue weighted by Crippen LogP contribution is 2.24. The van der Waals surface area contributed by atoms with Crippen LogP contribution in [0, 0.1) is 11.3 Å². The van der Waals surface area contributed by atoms with Gasteiger partial charge in [-0.05, 0) is 35.9 Å². The molecule has 0 aliphatic heterocycles. The Bertz CT molecular complexity index is 387. The van der Waals surface area contributed by atoms with Crippen molar-refractivity contribution in [1.82, 2.24) is 4.90 Å². The summed E-state index contributed by atoms with van der Waals surface area (Å²) >= 11 is 0. The Morgan fingerprint density at radius 2 is 1.65 bits per heavy atom. The smallest absolute Gasteiger partial charge is 0.0467 e. The Morgan fingerprint density at radius 1 is 1.10 bits per heavy atom. The van der Waals surface area contributed by atoms with E-state index in [4.69, 9.17) is 5.73 Å². The van der Waals surface area contributed by atoms with Crippen LogP contribution in [0.1, 0.15) is 51.8 Å². The predicted molar refractivity (Wildman–Crippen MR) is 88.9 cm³/mol. The molecule has 1 rings (SSSR count). The summed E-state index contributed by atoms with van der Waals surface area (Å²) < 4.78 is 0. The quantitative estimate of drug-likeness (QED) is 0.855. The van der Waals surface area contributed by atoms with E-state index in [1.165, 1.54) is 11.1 Å². The van der Waals surface area contributed by atoms with E-state index in [1.807, 2.05) is 0 Å². The van der Waals surface area contributed by atoms with Gasteiger partial charge in [-0.25, -0.2) is 0 Å². The molecule has 1 aromatic rings. The van der Waals surface area contributed by atoms with Gasteiger partial charge in [0.15, 0.2) is 0 Å². The van der Waals surface area contributed by atoms with E-state index >= 15 is 0 Å². The molecule has 0 radical (unpaired) electrons. The molecule has 0 amide bonds. The third kappa shape index (κ3) is 5.64. The van der Waals surface area contributed by atoms with Gasteiger partial charge < -0.3 is 5.73 Å². The zero-order valence-electron chi connectivity index (χ0n) is 14.1. The summed E-state index contributed by atoms with van der Waals surface area (Å²) in [6.07, 6.45) is 1.14. The molecule has 0 bridgehead atoms. The number of hydrogen-bond donors (Lipinski definition) is 1. The van der Waals surface area contributed by atoms with Crippen LogP contribution >= 0.6 is 0 Å². The topological polar surface area (TPSA) is 29.3 Å². The summed E-state index contributed by atoms with van der Waals surface area (Å²) in [5.41, 5.74) is 9.03. The maximum atomic E-state index is 6.00. The molecule has 1 aromatic carbocycles. The van der Waals surface area contributed by atoms with Crippen molar-refractivity contribution in [2.24, 2.45) is 17.1 Å². The van der Waals surface area contributed by atoms with Gasteiger partial charge in [0.05, 0.1) is 0 Å². The monoisotopic (exact) mass is 276 g/mol. The van der Waals surface area contributed by atoms with Crippen molar-refractivity contribution in [3.05, 3.63) is 35.4 Å². The summed E-state index contributed by atoms with van der Waals surface area (Å²) in [5.74, 6) is 0.703. The van der Waals surface area contributed by atoms with Crippen LogP contribution in [-0.4, -0.2) is 25.0 Å². The molecule has 2 nitrogen and oxygen atoms in total. The van der Waals surface area contributed by atoms with Gasteiger partial charge in [-0.1, -0.05) is 58.9 Å². The van der Waals surface area contributed by atoms with Crippen molar-refractivity contribution in [2.45, 2.75) is 47.1 Å². The average Bonchev–Trinajstić information content (AvgIpc) is 2.29. The summed E-state index contributed by atoms with van der Waals surface area (Å²) in [6.45, 7) is 13.0. The standard InChI is InChI=1S/C18H32N2/c1-14(2)11-15-7-9-16(10-8-15)17(12-19)20(6)13-18(3,4)5/h7-10,14,17H,11-13,19H2,1-6H3. The van der Waals surface area contributed by atoms with Gasteiger partial charge in [0.25, 0.3) is 0 Å². The molecule has 114 valence electrons. The van der Waals surface area contributed by atoms with E-state index in [0.717, 1.165) is 13.0 Å². The first-order valence-electron chi connectivity index (χ1n) is 7.72. The zero-order valence-corrected chi connectivity index (χ0v) is 14.1. The van der Waals surface area contributed by atoms with E-state index in [2.05, 4.69) is 70.8 Å². The SMILES string of the molecule is CC(C)Cc1ccc(C(CN)N(C)CC(C)(C)C)cc1. The first kappa shape index (κ1) is 17.2. The fraction of sp³-hybridized carbons (Fsp3) is 0.667. The second-order valence-electron chi connectivity index (χ2n) is 7.57. The molecule has 0 aliphatic rings. The summed E-state index contributed by atoms with van der Waals surface area (Å²) in [5, 5.41) is 0. The molecular weight excluding hydrogens is 244 g/mol. The molecule has 0 spiro atoms. The van der Waals surface area contributed by atoms with Crippen molar-refractivity contribution >= 4 is 0 Å². The van der Waals surface area contributed by atoms with Gasteiger partial charge in [-0.15, -0.1) is 0 Å². The molecular formula is C18H32N2. The van der Waals surface area contributed by atoms with E-state index in [0.29, 0.717) is 23.9 Å². The van der Waals surface area contributed by atoms with E-state index in [1.54, 1.807) is 0 Å². The van der Waals surface area contributed by atoms with Gasteiger partial charge in [-0.2, -0.15) is 0 Å². The molecule has 0 aliphatic carbocycles. The highest BCUT2D eigenvalue weighted by atomic mass is 15.1. The minimum Gasteiger partial charge on any atom is -0.329 e. The summed E-state index contributed by atoms with van der Waals surface area (Å²) in [7, 11) is 2.17. The van der Waals surface area contributed by atoms with Gasteiger partial charge in [0.1, 0.15) is 0 Å². The van der Waals surface area contributed by atoms with Gasteiger partial charge >= 0.3 is 0 Å².